The summed E-state index contributed by atoms with van der Waals surface area (Å²) in [5.41, 5.74) is 15.6. The van der Waals surface area contributed by atoms with Gasteiger partial charge in [-0.05, 0) is 65.7 Å². The lowest BCUT2D eigenvalue weighted by atomic mass is 9.96. The van der Waals surface area contributed by atoms with Gasteiger partial charge in [-0.2, -0.15) is 0 Å². The highest BCUT2D eigenvalue weighted by Crippen LogP contribution is 2.45. The molecule has 0 aliphatic heterocycles. The minimum absolute atomic E-state index is 0.619. The van der Waals surface area contributed by atoms with Crippen LogP contribution in [0.5, 0.6) is 0 Å². The smallest absolute Gasteiger partial charge is 0.164 e. The van der Waals surface area contributed by atoms with Crippen LogP contribution in [-0.2, 0) is 0 Å². The Morgan fingerprint density at radius 1 is 0.319 bits per heavy atom. The van der Waals surface area contributed by atoms with Gasteiger partial charge in [0.25, 0.3) is 0 Å². The number of rotatable bonds is 7. The van der Waals surface area contributed by atoms with Crippen molar-refractivity contribution in [3.8, 4) is 67.8 Å². The molecule has 0 saturated carbocycles. The van der Waals surface area contributed by atoms with Gasteiger partial charge < -0.3 is 13.6 Å². The van der Waals surface area contributed by atoms with Crippen LogP contribution in [0.1, 0.15) is 0 Å². The largest absolute Gasteiger partial charge is 0.455 e. The molecule has 0 saturated heterocycles. The van der Waals surface area contributed by atoms with Crippen LogP contribution in [0.4, 0.5) is 0 Å². The Kier molecular flexibility index (Phi) is 8.79. The van der Waals surface area contributed by atoms with Crippen LogP contribution in [0.2, 0.25) is 0 Å². The lowest BCUT2D eigenvalue weighted by Crippen LogP contribution is -2.00. The number of hydrogen-bond donors (Lipinski definition) is 0. The zero-order valence-electron chi connectivity index (χ0n) is 37.2. The Labute approximate surface area is 396 Å². The lowest BCUT2D eigenvalue weighted by Gasteiger charge is -2.17. The van der Waals surface area contributed by atoms with Crippen molar-refractivity contribution < 1.29 is 4.42 Å². The molecule has 0 aliphatic rings. The van der Waals surface area contributed by atoms with Crippen LogP contribution in [-0.4, -0.2) is 24.1 Å². The maximum Gasteiger partial charge on any atom is 0.164 e. The van der Waals surface area contributed by atoms with E-state index in [4.69, 9.17) is 19.4 Å². The average molecular weight is 882 g/mol. The van der Waals surface area contributed by atoms with E-state index in [9.17, 15) is 0 Å². The summed E-state index contributed by atoms with van der Waals surface area (Å²) < 4.78 is 11.6. The van der Waals surface area contributed by atoms with Gasteiger partial charge >= 0.3 is 0 Å². The van der Waals surface area contributed by atoms with Gasteiger partial charge in [0.2, 0.25) is 0 Å². The standard InChI is InChI=1S/C63H39N5O/c1-4-17-40(18-5-1)44-33-36-47(50-26-16-27-51-48-24-12-15-30-57(48)69-60(50)51)56(39-44)68-54-29-14-11-25-52(54)58-55(68)38-37-49-46-23-10-13-28-53(46)67(59(49)58)45-34-31-43(32-35-45)63-65-61(41-19-6-2-7-20-41)64-62(66-63)42-21-8-3-9-22-42/h1-39H. The van der Waals surface area contributed by atoms with E-state index in [-0.39, 0.29) is 0 Å². The van der Waals surface area contributed by atoms with Crippen LogP contribution < -0.4 is 0 Å². The number of nitrogens with zero attached hydrogens (tertiary/aromatic N) is 5. The molecule has 0 unspecified atom stereocenters. The minimum atomic E-state index is 0.619. The number of fused-ring (bicyclic) bond motifs is 10. The molecule has 10 aromatic carbocycles. The Hall–Kier alpha value is -9.39. The number of furan rings is 1. The molecule has 322 valence electrons. The van der Waals surface area contributed by atoms with Crippen molar-refractivity contribution in [3.05, 3.63) is 237 Å². The summed E-state index contributed by atoms with van der Waals surface area (Å²) in [6.07, 6.45) is 0. The molecule has 0 aliphatic carbocycles. The van der Waals surface area contributed by atoms with E-state index in [1.165, 1.54) is 21.5 Å². The predicted octanol–water partition coefficient (Wildman–Crippen LogP) is 16.3. The molecular formula is C63H39N5O. The number of para-hydroxylation sites is 4. The Morgan fingerprint density at radius 3 is 1.54 bits per heavy atom. The van der Waals surface area contributed by atoms with Crippen LogP contribution in [0, 0.1) is 0 Å². The molecule has 4 aromatic heterocycles. The maximum absolute atomic E-state index is 6.72. The summed E-state index contributed by atoms with van der Waals surface area (Å²) in [5.74, 6) is 1.89. The first-order chi connectivity index (χ1) is 34.2. The Bertz CT molecular complexity index is 4230. The third-order valence-electron chi connectivity index (χ3n) is 13.6. The first-order valence-electron chi connectivity index (χ1n) is 23.3. The lowest BCUT2D eigenvalue weighted by molar-refractivity contribution is 0.670. The monoisotopic (exact) mass is 881 g/mol. The van der Waals surface area contributed by atoms with E-state index in [1.807, 2.05) is 66.7 Å². The molecule has 0 amide bonds. The maximum atomic E-state index is 6.72. The van der Waals surface area contributed by atoms with Gasteiger partial charge in [0.15, 0.2) is 17.5 Å². The summed E-state index contributed by atoms with van der Waals surface area (Å²) in [6, 6.07) is 83.4. The van der Waals surface area contributed by atoms with Crippen molar-refractivity contribution in [2.75, 3.05) is 0 Å². The van der Waals surface area contributed by atoms with Crippen LogP contribution >= 0.6 is 0 Å². The van der Waals surface area contributed by atoms with Crippen LogP contribution in [0.3, 0.4) is 0 Å². The number of hydrogen-bond acceptors (Lipinski definition) is 4. The van der Waals surface area contributed by atoms with Gasteiger partial charge in [-0.15, -0.1) is 0 Å². The van der Waals surface area contributed by atoms with Crippen molar-refractivity contribution >= 4 is 65.6 Å². The molecule has 0 fully saturated rings. The fraction of sp³-hybridized carbons (Fsp3) is 0. The van der Waals surface area contributed by atoms with Gasteiger partial charge in [-0.25, -0.2) is 15.0 Å². The highest BCUT2D eigenvalue weighted by molar-refractivity contribution is 6.26. The Balaban J connectivity index is 1.01. The van der Waals surface area contributed by atoms with Crippen LogP contribution in [0.15, 0.2) is 241 Å². The Morgan fingerprint density at radius 2 is 0.855 bits per heavy atom. The molecule has 0 bridgehead atoms. The zero-order chi connectivity index (χ0) is 45.4. The third kappa shape index (κ3) is 6.23. The van der Waals surface area contributed by atoms with Crippen molar-refractivity contribution in [3.63, 3.8) is 0 Å². The highest BCUT2D eigenvalue weighted by atomic mass is 16.3. The molecule has 0 radical (unpaired) electrons. The van der Waals surface area contributed by atoms with Gasteiger partial charge in [0.1, 0.15) is 11.2 Å². The van der Waals surface area contributed by atoms with E-state index in [0.717, 1.165) is 94.3 Å². The second kappa shape index (κ2) is 15.6. The van der Waals surface area contributed by atoms with Crippen molar-refractivity contribution in [1.29, 1.82) is 0 Å². The van der Waals surface area contributed by atoms with Gasteiger partial charge in [-0.3, -0.25) is 0 Å². The predicted molar refractivity (Wildman–Crippen MR) is 283 cm³/mol. The molecule has 69 heavy (non-hydrogen) atoms. The summed E-state index contributed by atoms with van der Waals surface area (Å²) in [4.78, 5) is 15.0. The minimum Gasteiger partial charge on any atom is -0.455 e. The topological polar surface area (TPSA) is 61.7 Å². The van der Waals surface area contributed by atoms with E-state index >= 15 is 0 Å². The molecule has 0 N–H and O–H groups in total. The highest BCUT2D eigenvalue weighted by Gasteiger charge is 2.24. The molecule has 0 spiro atoms. The molecule has 6 nitrogen and oxygen atoms in total. The van der Waals surface area contributed by atoms with Crippen molar-refractivity contribution in [2.45, 2.75) is 0 Å². The summed E-state index contributed by atoms with van der Waals surface area (Å²) in [7, 11) is 0. The van der Waals surface area contributed by atoms with Gasteiger partial charge in [0.05, 0.1) is 27.8 Å². The molecular weight excluding hydrogens is 843 g/mol. The quantitative estimate of drug-likeness (QED) is 0.160. The molecule has 6 heteroatoms. The van der Waals surface area contributed by atoms with Gasteiger partial charge in [0, 0.05) is 65.8 Å². The van der Waals surface area contributed by atoms with E-state index < -0.39 is 0 Å². The normalized spacial score (nSPS) is 11.8. The third-order valence-corrected chi connectivity index (χ3v) is 13.6. The molecule has 14 aromatic rings. The molecule has 0 atom stereocenters. The fourth-order valence-electron chi connectivity index (χ4n) is 10.4. The number of benzene rings is 10. The average Bonchev–Trinajstić information content (AvgIpc) is 4.09. The van der Waals surface area contributed by atoms with Gasteiger partial charge in [-0.1, -0.05) is 182 Å². The first kappa shape index (κ1) is 38.8. The van der Waals surface area contributed by atoms with E-state index in [0.29, 0.717) is 17.5 Å². The van der Waals surface area contributed by atoms with Crippen molar-refractivity contribution in [2.24, 2.45) is 0 Å². The summed E-state index contributed by atoms with van der Waals surface area (Å²) in [5, 5.41) is 6.94. The zero-order valence-corrected chi connectivity index (χ0v) is 37.2. The van der Waals surface area contributed by atoms with Crippen LogP contribution in [0.25, 0.3) is 133 Å². The SMILES string of the molecule is c1ccc(-c2ccc(-c3cccc4c3oc3ccccc34)c(-n3c4ccccc4c4c3ccc3c5ccccc5n(-c5ccc(-c6nc(-c7ccccc7)nc(-c7ccccc7)n6)cc5)c34)c2)cc1. The van der Waals surface area contributed by atoms with E-state index in [2.05, 4.69) is 179 Å². The summed E-state index contributed by atoms with van der Waals surface area (Å²) >= 11 is 0. The summed E-state index contributed by atoms with van der Waals surface area (Å²) in [6.45, 7) is 0. The first-order valence-corrected chi connectivity index (χ1v) is 23.3. The molecule has 4 heterocycles. The fourth-order valence-corrected chi connectivity index (χ4v) is 10.4. The second-order valence-corrected chi connectivity index (χ2v) is 17.5. The number of aromatic nitrogens is 5. The molecule has 14 rings (SSSR count). The van der Waals surface area contributed by atoms with Crippen molar-refractivity contribution in [1.82, 2.24) is 24.1 Å². The van der Waals surface area contributed by atoms with E-state index in [1.54, 1.807) is 0 Å². The second-order valence-electron chi connectivity index (χ2n) is 17.5.